The van der Waals surface area contributed by atoms with Gasteiger partial charge >= 0.3 is 0 Å². The Morgan fingerprint density at radius 1 is 0.903 bits per heavy atom. The van der Waals surface area contributed by atoms with Crippen LogP contribution in [0.5, 0.6) is 0 Å². The van der Waals surface area contributed by atoms with Crippen LogP contribution in [0.3, 0.4) is 0 Å². The van der Waals surface area contributed by atoms with Crippen molar-refractivity contribution in [3.05, 3.63) is 92.5 Å². The normalized spacial score (nSPS) is 11.5. The molecule has 0 aliphatic carbocycles. The van der Waals surface area contributed by atoms with Crippen molar-refractivity contribution < 1.29 is 0 Å². The zero-order valence-electron chi connectivity index (χ0n) is 16.6. The van der Waals surface area contributed by atoms with Crippen LogP contribution in [0.2, 0.25) is 10.0 Å². The fourth-order valence-electron chi connectivity index (χ4n) is 3.70. The quantitative estimate of drug-likeness (QED) is 0.386. The van der Waals surface area contributed by atoms with E-state index in [-0.39, 0.29) is 11.1 Å². The number of halogens is 2. The van der Waals surface area contributed by atoms with E-state index in [9.17, 15) is 4.79 Å². The molecule has 0 fully saturated rings. The van der Waals surface area contributed by atoms with Crippen molar-refractivity contribution in [2.75, 3.05) is 0 Å². The molecular weight excluding hydrogens is 433 g/mol. The molecule has 6 nitrogen and oxygen atoms in total. The summed E-state index contributed by atoms with van der Waals surface area (Å²) in [5.41, 5.74) is 5.01. The molecule has 8 heteroatoms. The van der Waals surface area contributed by atoms with Crippen molar-refractivity contribution in [1.82, 2.24) is 24.4 Å². The largest absolute Gasteiger partial charge is 0.309 e. The maximum atomic E-state index is 13.1. The highest BCUT2D eigenvalue weighted by atomic mass is 35.5. The van der Waals surface area contributed by atoms with Gasteiger partial charge in [-0.1, -0.05) is 54.4 Å². The molecule has 0 aliphatic heterocycles. The van der Waals surface area contributed by atoms with E-state index in [4.69, 9.17) is 28.3 Å². The van der Waals surface area contributed by atoms with Crippen LogP contribution in [0.4, 0.5) is 0 Å². The molecule has 31 heavy (non-hydrogen) atoms. The average Bonchev–Trinajstić information content (AvgIpc) is 3.17. The number of rotatable bonds is 4. The average molecular weight is 450 g/mol. The van der Waals surface area contributed by atoms with Crippen molar-refractivity contribution in [1.29, 1.82) is 0 Å². The third-order valence-electron chi connectivity index (χ3n) is 5.26. The number of benzene rings is 2. The summed E-state index contributed by atoms with van der Waals surface area (Å²) in [6, 6.07) is 16.8. The molecular formula is C23H17Cl2N5O. The number of hydrogen-bond donors (Lipinski definition) is 0. The molecule has 5 aromatic rings. The number of pyridine rings is 1. The fraction of sp³-hybridized carbons (Fsp3) is 0.130. The molecule has 0 unspecified atom stereocenters. The summed E-state index contributed by atoms with van der Waals surface area (Å²) >= 11 is 12.0. The van der Waals surface area contributed by atoms with Gasteiger partial charge in [-0.3, -0.25) is 4.79 Å². The number of hydrogen-bond acceptors (Lipinski definition) is 4. The Hall–Kier alpha value is -3.22. The molecule has 3 heterocycles. The SMILES string of the molecule is CCc1nn2c(nnc3c(=O)n(Cc4ccc(Cl)cc4)ccc32)c1-c1ccc(Cl)cc1. The predicted octanol–water partition coefficient (Wildman–Crippen LogP) is 5.02. The molecule has 0 radical (unpaired) electrons. The molecule has 0 N–H and O–H groups in total. The van der Waals surface area contributed by atoms with E-state index >= 15 is 0 Å². The lowest BCUT2D eigenvalue weighted by molar-refractivity contribution is 0.760. The molecule has 0 saturated heterocycles. The monoisotopic (exact) mass is 449 g/mol. The molecule has 0 saturated carbocycles. The van der Waals surface area contributed by atoms with Crippen LogP contribution >= 0.6 is 23.2 Å². The van der Waals surface area contributed by atoms with Crippen LogP contribution in [0.1, 0.15) is 18.2 Å². The van der Waals surface area contributed by atoms with Gasteiger partial charge in [-0.2, -0.15) is 5.10 Å². The number of aryl methyl sites for hydroxylation is 1. The molecule has 0 bridgehead atoms. The second-order valence-electron chi connectivity index (χ2n) is 7.23. The van der Waals surface area contributed by atoms with Gasteiger partial charge in [0.2, 0.25) is 0 Å². The van der Waals surface area contributed by atoms with E-state index in [0.717, 1.165) is 28.8 Å². The van der Waals surface area contributed by atoms with Gasteiger partial charge in [0.25, 0.3) is 5.56 Å². The third-order valence-corrected chi connectivity index (χ3v) is 5.76. The van der Waals surface area contributed by atoms with Crippen LogP contribution in [-0.4, -0.2) is 24.4 Å². The zero-order chi connectivity index (χ0) is 21.5. The summed E-state index contributed by atoms with van der Waals surface area (Å²) in [7, 11) is 0. The molecule has 5 rings (SSSR count). The lowest BCUT2D eigenvalue weighted by Crippen LogP contribution is -2.22. The summed E-state index contributed by atoms with van der Waals surface area (Å²) in [6.45, 7) is 2.46. The van der Waals surface area contributed by atoms with E-state index in [1.807, 2.05) is 49.4 Å². The van der Waals surface area contributed by atoms with Crippen LogP contribution in [0.15, 0.2) is 65.6 Å². The van der Waals surface area contributed by atoms with E-state index in [1.54, 1.807) is 27.4 Å². The van der Waals surface area contributed by atoms with E-state index in [2.05, 4.69) is 10.2 Å². The lowest BCUT2D eigenvalue weighted by Gasteiger charge is -2.08. The number of aromatic nitrogens is 5. The second kappa shape index (κ2) is 7.80. The first-order chi connectivity index (χ1) is 15.0. The van der Waals surface area contributed by atoms with Crippen molar-refractivity contribution in [3.63, 3.8) is 0 Å². The highest BCUT2D eigenvalue weighted by Gasteiger charge is 2.18. The third kappa shape index (κ3) is 3.48. The highest BCUT2D eigenvalue weighted by Crippen LogP contribution is 2.29. The zero-order valence-corrected chi connectivity index (χ0v) is 18.1. The molecule has 154 valence electrons. The van der Waals surface area contributed by atoms with Crippen LogP contribution in [0.25, 0.3) is 27.8 Å². The van der Waals surface area contributed by atoms with Gasteiger partial charge < -0.3 is 4.57 Å². The minimum Gasteiger partial charge on any atom is -0.309 e. The predicted molar refractivity (Wildman–Crippen MR) is 123 cm³/mol. The highest BCUT2D eigenvalue weighted by molar-refractivity contribution is 6.30. The van der Waals surface area contributed by atoms with Gasteiger partial charge in [0.05, 0.1) is 17.8 Å². The Labute approximate surface area is 187 Å². The maximum Gasteiger partial charge on any atom is 0.280 e. The fourth-order valence-corrected chi connectivity index (χ4v) is 3.95. The minimum atomic E-state index is -0.219. The van der Waals surface area contributed by atoms with E-state index < -0.39 is 0 Å². The summed E-state index contributed by atoms with van der Waals surface area (Å²) in [5.74, 6) is 0. The summed E-state index contributed by atoms with van der Waals surface area (Å²) in [5, 5.41) is 14.7. The smallest absolute Gasteiger partial charge is 0.280 e. The van der Waals surface area contributed by atoms with Gasteiger partial charge in [0.1, 0.15) is 5.52 Å². The molecule has 2 aromatic carbocycles. The minimum absolute atomic E-state index is 0.219. The second-order valence-corrected chi connectivity index (χ2v) is 8.10. The van der Waals surface area contributed by atoms with Gasteiger partial charge in [-0.25, -0.2) is 4.52 Å². The first kappa shape index (κ1) is 19.7. The summed E-state index contributed by atoms with van der Waals surface area (Å²) in [6.07, 6.45) is 2.48. The summed E-state index contributed by atoms with van der Waals surface area (Å²) in [4.78, 5) is 13.1. The van der Waals surface area contributed by atoms with Crippen LogP contribution < -0.4 is 5.56 Å². The Bertz CT molecular complexity index is 1470. The molecule has 0 spiro atoms. The molecule has 0 amide bonds. The van der Waals surface area contributed by atoms with E-state index in [1.165, 1.54) is 0 Å². The molecule has 3 aromatic heterocycles. The van der Waals surface area contributed by atoms with Gasteiger partial charge in [-0.05, 0) is 47.9 Å². The summed E-state index contributed by atoms with van der Waals surface area (Å²) < 4.78 is 3.32. The molecule has 0 aliphatic rings. The Kier molecular flexibility index (Phi) is 4.96. The number of fused-ring (bicyclic) bond motifs is 3. The maximum absolute atomic E-state index is 13.1. The Morgan fingerprint density at radius 2 is 1.58 bits per heavy atom. The van der Waals surface area contributed by atoms with E-state index in [0.29, 0.717) is 27.8 Å². The lowest BCUT2D eigenvalue weighted by atomic mass is 10.0. The first-order valence-corrected chi connectivity index (χ1v) is 10.6. The Morgan fingerprint density at radius 3 is 2.26 bits per heavy atom. The van der Waals surface area contributed by atoms with Gasteiger partial charge in [-0.15, -0.1) is 10.2 Å². The van der Waals surface area contributed by atoms with Crippen molar-refractivity contribution in [3.8, 4) is 11.1 Å². The Balaban J connectivity index is 1.67. The molecule has 0 atom stereocenters. The first-order valence-electron chi connectivity index (χ1n) is 9.83. The van der Waals surface area contributed by atoms with Gasteiger partial charge in [0, 0.05) is 16.2 Å². The standard InChI is InChI=1S/C23H17Cl2N5O/c1-2-18-20(15-5-9-17(25)10-6-15)22-27-26-21-19(30(22)28-18)11-12-29(23(21)31)13-14-3-7-16(24)8-4-14/h3-12H,2,13H2,1H3. The van der Waals surface area contributed by atoms with Crippen molar-refractivity contribution in [2.45, 2.75) is 19.9 Å². The van der Waals surface area contributed by atoms with Crippen molar-refractivity contribution >= 4 is 39.9 Å². The van der Waals surface area contributed by atoms with Crippen molar-refractivity contribution in [2.24, 2.45) is 0 Å². The van der Waals surface area contributed by atoms with Gasteiger partial charge in [0.15, 0.2) is 11.2 Å². The van der Waals surface area contributed by atoms with Crippen LogP contribution in [0, 0.1) is 0 Å². The van der Waals surface area contributed by atoms with Crippen LogP contribution in [-0.2, 0) is 13.0 Å². The number of nitrogens with zero attached hydrogens (tertiary/aromatic N) is 5. The topological polar surface area (TPSA) is 65.1 Å².